The fourth-order valence-corrected chi connectivity index (χ4v) is 3.98. The van der Waals surface area contributed by atoms with Crippen LogP contribution in [0.5, 0.6) is 0 Å². The van der Waals surface area contributed by atoms with Crippen LogP contribution in [-0.2, 0) is 32.2 Å². The Morgan fingerprint density at radius 1 is 0.848 bits per heavy atom. The second-order valence-electron chi connectivity index (χ2n) is 7.51. The zero-order valence-corrected chi connectivity index (χ0v) is 20.4. The lowest BCUT2D eigenvalue weighted by Crippen LogP contribution is -2.22. The van der Waals surface area contributed by atoms with Crippen molar-refractivity contribution in [3.05, 3.63) is 56.5 Å². The lowest BCUT2D eigenvalue weighted by molar-refractivity contribution is -0.169. The van der Waals surface area contributed by atoms with E-state index in [1.807, 2.05) is 6.07 Å². The van der Waals surface area contributed by atoms with Crippen molar-refractivity contribution < 1.29 is 18.9 Å². The summed E-state index contributed by atoms with van der Waals surface area (Å²) in [5.74, 6) is 0. The molecule has 0 radical (unpaired) electrons. The standard InChI is InChI=1S/C12H13ClN2O2.C11H13Cl2NO2/c13-10-4-5-15-11(7-14)9(10)8-17-12-3-1-2-6-16-12;12-9-4-5-14-11(13)8(9)7-16-10-3-1-2-6-15-10/h4-5,12H,1-3,6,8H2;4-5,10H,1-3,6-7H2. The van der Waals surface area contributed by atoms with Crippen LogP contribution < -0.4 is 0 Å². The maximum atomic E-state index is 8.92. The van der Waals surface area contributed by atoms with Gasteiger partial charge < -0.3 is 18.9 Å². The maximum absolute atomic E-state index is 8.92. The van der Waals surface area contributed by atoms with Gasteiger partial charge in [0.1, 0.15) is 16.9 Å². The summed E-state index contributed by atoms with van der Waals surface area (Å²) >= 11 is 17.9. The molecule has 178 valence electrons. The Hall–Kier alpha value is -1.50. The topological polar surface area (TPSA) is 86.5 Å². The quantitative estimate of drug-likeness (QED) is 0.432. The molecule has 2 aliphatic rings. The molecule has 0 saturated carbocycles. The van der Waals surface area contributed by atoms with Crippen LogP contribution >= 0.6 is 34.8 Å². The van der Waals surface area contributed by atoms with Crippen LogP contribution in [0.2, 0.25) is 15.2 Å². The zero-order valence-electron chi connectivity index (χ0n) is 18.1. The molecule has 0 bridgehead atoms. The molecule has 0 aromatic carbocycles. The van der Waals surface area contributed by atoms with E-state index < -0.39 is 0 Å². The number of aromatic nitrogens is 2. The first-order valence-electron chi connectivity index (χ1n) is 10.9. The van der Waals surface area contributed by atoms with Crippen molar-refractivity contribution in [1.29, 1.82) is 5.26 Å². The van der Waals surface area contributed by atoms with Crippen molar-refractivity contribution in [1.82, 2.24) is 9.97 Å². The number of pyridine rings is 2. The van der Waals surface area contributed by atoms with E-state index in [1.54, 1.807) is 18.3 Å². The number of nitrogens with zero attached hydrogens (tertiary/aromatic N) is 3. The van der Waals surface area contributed by atoms with Crippen molar-refractivity contribution in [3.8, 4) is 6.07 Å². The van der Waals surface area contributed by atoms with Crippen molar-refractivity contribution in [2.45, 2.75) is 64.3 Å². The Kier molecular flexibility index (Phi) is 11.1. The first-order chi connectivity index (χ1) is 16.1. The Bertz CT molecular complexity index is 909. The van der Waals surface area contributed by atoms with Gasteiger partial charge in [0.2, 0.25) is 0 Å². The molecule has 2 aliphatic heterocycles. The lowest BCUT2D eigenvalue weighted by atomic mass is 10.2. The second kappa shape index (κ2) is 14.0. The minimum Gasteiger partial charge on any atom is -0.353 e. The smallest absolute Gasteiger partial charge is 0.158 e. The fourth-order valence-electron chi connectivity index (χ4n) is 3.31. The summed E-state index contributed by atoms with van der Waals surface area (Å²) in [5.41, 5.74) is 1.67. The molecule has 2 aromatic heterocycles. The average molecular weight is 515 g/mol. The van der Waals surface area contributed by atoms with Gasteiger partial charge in [-0.25, -0.2) is 9.97 Å². The Labute approximate surface area is 208 Å². The van der Waals surface area contributed by atoms with E-state index >= 15 is 0 Å². The minimum atomic E-state index is -0.188. The third-order valence-electron chi connectivity index (χ3n) is 5.15. The summed E-state index contributed by atoms with van der Waals surface area (Å²) in [6.07, 6.45) is 9.01. The molecule has 10 heteroatoms. The van der Waals surface area contributed by atoms with Crippen LogP contribution in [-0.4, -0.2) is 35.8 Å². The minimum absolute atomic E-state index is 0.138. The highest BCUT2D eigenvalue weighted by Crippen LogP contribution is 2.25. The SMILES string of the molecule is Clc1ccnc(Cl)c1COC1CCCCO1.N#Cc1nccc(Cl)c1COC1CCCCO1. The van der Waals surface area contributed by atoms with Crippen LogP contribution in [0, 0.1) is 11.3 Å². The summed E-state index contributed by atoms with van der Waals surface area (Å²) in [6, 6.07) is 5.37. The highest BCUT2D eigenvalue weighted by molar-refractivity contribution is 6.35. The Balaban J connectivity index is 0.000000186. The molecule has 2 saturated heterocycles. The average Bonchev–Trinajstić information content (AvgIpc) is 2.84. The summed E-state index contributed by atoms with van der Waals surface area (Å²) < 4.78 is 22.1. The maximum Gasteiger partial charge on any atom is 0.158 e. The van der Waals surface area contributed by atoms with Crippen LogP contribution in [0.4, 0.5) is 0 Å². The van der Waals surface area contributed by atoms with Crippen LogP contribution in [0.15, 0.2) is 24.5 Å². The summed E-state index contributed by atoms with van der Waals surface area (Å²) in [5, 5.41) is 10.4. The van der Waals surface area contributed by atoms with Gasteiger partial charge in [-0.1, -0.05) is 34.8 Å². The van der Waals surface area contributed by atoms with Gasteiger partial charge in [-0.2, -0.15) is 5.26 Å². The second-order valence-corrected chi connectivity index (χ2v) is 8.68. The number of ether oxygens (including phenoxy) is 4. The number of halogens is 3. The first-order valence-corrected chi connectivity index (χ1v) is 12.0. The summed E-state index contributed by atoms with van der Waals surface area (Å²) in [6.45, 7) is 2.10. The van der Waals surface area contributed by atoms with E-state index in [1.165, 1.54) is 6.20 Å². The Morgan fingerprint density at radius 2 is 1.39 bits per heavy atom. The number of rotatable bonds is 6. The van der Waals surface area contributed by atoms with Gasteiger partial charge in [0.15, 0.2) is 12.6 Å². The fraction of sp³-hybridized carbons (Fsp3) is 0.522. The molecule has 2 unspecified atom stereocenters. The van der Waals surface area contributed by atoms with Gasteiger partial charge >= 0.3 is 0 Å². The molecule has 2 atom stereocenters. The van der Waals surface area contributed by atoms with Crippen LogP contribution in [0.1, 0.15) is 55.3 Å². The molecule has 0 amide bonds. The van der Waals surface area contributed by atoms with E-state index in [2.05, 4.69) is 9.97 Å². The largest absolute Gasteiger partial charge is 0.353 e. The monoisotopic (exact) mass is 513 g/mol. The van der Waals surface area contributed by atoms with Gasteiger partial charge in [-0.15, -0.1) is 0 Å². The predicted molar refractivity (Wildman–Crippen MR) is 125 cm³/mol. The summed E-state index contributed by atoms with van der Waals surface area (Å²) in [7, 11) is 0. The predicted octanol–water partition coefficient (Wildman–Crippen LogP) is 6.08. The molecule has 4 rings (SSSR count). The number of hydrogen-bond acceptors (Lipinski definition) is 7. The first kappa shape index (κ1) is 26.1. The van der Waals surface area contributed by atoms with Crippen LogP contribution in [0.25, 0.3) is 0 Å². The normalized spacial score (nSPS) is 20.4. The number of nitriles is 1. The third kappa shape index (κ3) is 8.34. The van der Waals surface area contributed by atoms with Gasteiger partial charge in [0.05, 0.1) is 23.3 Å². The molecular weight excluding hydrogens is 489 g/mol. The molecule has 7 nitrogen and oxygen atoms in total. The third-order valence-corrected chi connectivity index (χ3v) is 6.19. The van der Waals surface area contributed by atoms with Gasteiger partial charge in [-0.3, -0.25) is 0 Å². The molecule has 0 aliphatic carbocycles. The van der Waals surface area contributed by atoms with Gasteiger partial charge in [-0.05, 0) is 50.7 Å². The summed E-state index contributed by atoms with van der Waals surface area (Å²) in [4.78, 5) is 7.92. The van der Waals surface area contributed by atoms with Gasteiger partial charge in [0.25, 0.3) is 0 Å². The van der Waals surface area contributed by atoms with Crippen molar-refractivity contribution in [2.75, 3.05) is 13.2 Å². The molecule has 2 aromatic rings. The molecule has 33 heavy (non-hydrogen) atoms. The lowest BCUT2D eigenvalue weighted by Gasteiger charge is -2.22. The van der Waals surface area contributed by atoms with E-state index in [0.29, 0.717) is 33.1 Å². The highest BCUT2D eigenvalue weighted by Gasteiger charge is 2.17. The zero-order chi connectivity index (χ0) is 23.5. The van der Waals surface area contributed by atoms with Crippen molar-refractivity contribution in [2.24, 2.45) is 0 Å². The van der Waals surface area contributed by atoms with E-state index in [4.69, 9.17) is 59.0 Å². The van der Waals surface area contributed by atoms with E-state index in [9.17, 15) is 0 Å². The molecule has 2 fully saturated rings. The van der Waals surface area contributed by atoms with E-state index in [0.717, 1.165) is 57.3 Å². The van der Waals surface area contributed by atoms with E-state index in [-0.39, 0.29) is 19.2 Å². The molecule has 0 spiro atoms. The molecule has 0 N–H and O–H groups in total. The molecule has 4 heterocycles. The highest BCUT2D eigenvalue weighted by atomic mass is 35.5. The van der Waals surface area contributed by atoms with Gasteiger partial charge in [0, 0.05) is 36.7 Å². The number of hydrogen-bond donors (Lipinski definition) is 0. The van der Waals surface area contributed by atoms with Crippen molar-refractivity contribution >= 4 is 34.8 Å². The van der Waals surface area contributed by atoms with Crippen LogP contribution in [0.3, 0.4) is 0 Å². The van der Waals surface area contributed by atoms with Crippen molar-refractivity contribution in [3.63, 3.8) is 0 Å². The Morgan fingerprint density at radius 3 is 1.91 bits per heavy atom. The molecular formula is C23H26Cl3N3O4.